The van der Waals surface area contributed by atoms with Gasteiger partial charge in [-0.15, -0.1) is 0 Å². The summed E-state index contributed by atoms with van der Waals surface area (Å²) >= 11 is 0. The largest absolute Gasteiger partial charge is 0.497 e. The molecule has 3 nitrogen and oxygen atoms in total. The maximum atomic E-state index is 12.4. The first-order valence-electron chi connectivity index (χ1n) is 6.22. The van der Waals surface area contributed by atoms with Crippen molar-refractivity contribution in [3.8, 4) is 5.75 Å². The van der Waals surface area contributed by atoms with Crippen LogP contribution in [0.5, 0.6) is 5.75 Å². The molecule has 0 aromatic heterocycles. The van der Waals surface area contributed by atoms with Crippen LogP contribution in [0.15, 0.2) is 48.5 Å². The minimum atomic E-state index is -0.662. The standard InChI is InChI=1S/C16H15NO2/c1-16(11-6-5-7-12(10-11)19-2)13-8-3-4-9-14(13)17-15(16)18/h3-10H,1-2H3,(H,17,18). The summed E-state index contributed by atoms with van der Waals surface area (Å²) in [5.41, 5.74) is 2.17. The highest BCUT2D eigenvalue weighted by molar-refractivity contribution is 6.08. The molecule has 2 aromatic carbocycles. The van der Waals surface area contributed by atoms with Crippen molar-refractivity contribution in [2.24, 2.45) is 0 Å². The Kier molecular flexibility index (Phi) is 2.56. The molecule has 96 valence electrons. The molecule has 0 fully saturated rings. The number of para-hydroxylation sites is 1. The van der Waals surface area contributed by atoms with Crippen LogP contribution in [0.2, 0.25) is 0 Å². The van der Waals surface area contributed by atoms with Crippen molar-refractivity contribution < 1.29 is 9.53 Å². The highest BCUT2D eigenvalue weighted by Gasteiger charge is 2.43. The lowest BCUT2D eigenvalue weighted by Crippen LogP contribution is -2.32. The number of fused-ring (bicyclic) bond motifs is 1. The van der Waals surface area contributed by atoms with Gasteiger partial charge < -0.3 is 10.1 Å². The van der Waals surface area contributed by atoms with Gasteiger partial charge in [-0.25, -0.2) is 0 Å². The molecule has 0 saturated heterocycles. The maximum absolute atomic E-state index is 12.4. The van der Waals surface area contributed by atoms with Crippen molar-refractivity contribution in [3.05, 3.63) is 59.7 Å². The van der Waals surface area contributed by atoms with E-state index in [0.717, 1.165) is 22.6 Å². The fourth-order valence-corrected chi connectivity index (χ4v) is 2.62. The van der Waals surface area contributed by atoms with Crippen LogP contribution in [0.25, 0.3) is 0 Å². The molecule has 0 spiro atoms. The molecule has 1 aliphatic heterocycles. The molecule has 1 amide bonds. The van der Waals surface area contributed by atoms with E-state index >= 15 is 0 Å². The molecule has 1 aliphatic rings. The van der Waals surface area contributed by atoms with E-state index in [1.54, 1.807) is 7.11 Å². The molecule has 0 aliphatic carbocycles. The number of nitrogens with one attached hydrogen (secondary N) is 1. The van der Waals surface area contributed by atoms with Gasteiger partial charge in [0.2, 0.25) is 5.91 Å². The van der Waals surface area contributed by atoms with E-state index in [-0.39, 0.29) is 5.91 Å². The Morgan fingerprint density at radius 3 is 2.68 bits per heavy atom. The van der Waals surface area contributed by atoms with E-state index in [0.29, 0.717) is 0 Å². The number of ether oxygens (including phenoxy) is 1. The van der Waals surface area contributed by atoms with Crippen molar-refractivity contribution in [2.45, 2.75) is 12.3 Å². The Hall–Kier alpha value is -2.29. The number of carbonyl (C=O) groups is 1. The van der Waals surface area contributed by atoms with Crippen LogP contribution in [-0.4, -0.2) is 13.0 Å². The average molecular weight is 253 g/mol. The zero-order chi connectivity index (χ0) is 13.5. The lowest BCUT2D eigenvalue weighted by atomic mass is 9.77. The van der Waals surface area contributed by atoms with Gasteiger partial charge in [0.05, 0.1) is 12.5 Å². The molecule has 0 saturated carbocycles. The van der Waals surface area contributed by atoms with Crippen molar-refractivity contribution >= 4 is 11.6 Å². The second kappa shape index (κ2) is 4.12. The highest BCUT2D eigenvalue weighted by Crippen LogP contribution is 2.42. The molecule has 19 heavy (non-hydrogen) atoms. The molecule has 1 N–H and O–H groups in total. The van der Waals surface area contributed by atoms with Crippen LogP contribution in [0, 0.1) is 0 Å². The number of amides is 1. The lowest BCUT2D eigenvalue weighted by Gasteiger charge is -2.23. The summed E-state index contributed by atoms with van der Waals surface area (Å²) in [4.78, 5) is 12.4. The fourth-order valence-electron chi connectivity index (χ4n) is 2.62. The van der Waals surface area contributed by atoms with Crippen molar-refractivity contribution in [2.75, 3.05) is 12.4 Å². The van der Waals surface area contributed by atoms with E-state index in [1.165, 1.54) is 0 Å². The van der Waals surface area contributed by atoms with E-state index in [4.69, 9.17) is 4.74 Å². The number of carbonyl (C=O) groups excluding carboxylic acids is 1. The molecule has 0 bridgehead atoms. The zero-order valence-corrected chi connectivity index (χ0v) is 10.9. The van der Waals surface area contributed by atoms with E-state index in [9.17, 15) is 4.79 Å². The number of benzene rings is 2. The minimum absolute atomic E-state index is 0.00181. The van der Waals surface area contributed by atoms with Crippen molar-refractivity contribution in [1.29, 1.82) is 0 Å². The molecule has 1 unspecified atom stereocenters. The van der Waals surface area contributed by atoms with Gasteiger partial charge in [-0.3, -0.25) is 4.79 Å². The SMILES string of the molecule is COc1cccc(C2(C)C(=O)Nc3ccccc32)c1. The highest BCUT2D eigenvalue weighted by atomic mass is 16.5. The summed E-state index contributed by atoms with van der Waals surface area (Å²) in [5, 5.41) is 2.94. The van der Waals surface area contributed by atoms with Crippen LogP contribution in [-0.2, 0) is 10.2 Å². The molecule has 2 aromatic rings. The lowest BCUT2D eigenvalue weighted by molar-refractivity contribution is -0.119. The van der Waals surface area contributed by atoms with Gasteiger partial charge in [-0.05, 0) is 36.2 Å². The van der Waals surface area contributed by atoms with Gasteiger partial charge in [0.15, 0.2) is 0 Å². The Labute approximate surface area is 112 Å². The summed E-state index contributed by atoms with van der Waals surface area (Å²) in [6.07, 6.45) is 0. The molecule has 0 radical (unpaired) electrons. The van der Waals surface area contributed by atoms with Crippen LogP contribution in [0.3, 0.4) is 0 Å². The Bertz CT molecular complexity index is 651. The first-order valence-corrected chi connectivity index (χ1v) is 6.22. The molecule has 1 atom stereocenters. The Morgan fingerprint density at radius 1 is 1.11 bits per heavy atom. The molecular formula is C16H15NO2. The van der Waals surface area contributed by atoms with Gasteiger partial charge in [0, 0.05) is 5.69 Å². The van der Waals surface area contributed by atoms with Crippen LogP contribution >= 0.6 is 0 Å². The zero-order valence-electron chi connectivity index (χ0n) is 10.9. The first-order chi connectivity index (χ1) is 9.16. The minimum Gasteiger partial charge on any atom is -0.497 e. The van der Waals surface area contributed by atoms with Gasteiger partial charge in [-0.1, -0.05) is 30.3 Å². The first kappa shape index (κ1) is 11.8. The summed E-state index contributed by atoms with van der Waals surface area (Å²) in [7, 11) is 1.63. The number of rotatable bonds is 2. The van der Waals surface area contributed by atoms with Crippen LogP contribution < -0.4 is 10.1 Å². The number of hydrogen-bond acceptors (Lipinski definition) is 2. The van der Waals surface area contributed by atoms with Gasteiger partial charge in [-0.2, -0.15) is 0 Å². The van der Waals surface area contributed by atoms with Crippen LogP contribution in [0.1, 0.15) is 18.1 Å². The molecule has 3 heteroatoms. The van der Waals surface area contributed by atoms with E-state index < -0.39 is 5.41 Å². The average Bonchev–Trinajstić information content (AvgIpc) is 2.72. The van der Waals surface area contributed by atoms with Crippen LogP contribution in [0.4, 0.5) is 5.69 Å². The molecule has 1 heterocycles. The molecule has 3 rings (SSSR count). The second-order valence-electron chi connectivity index (χ2n) is 4.86. The second-order valence-corrected chi connectivity index (χ2v) is 4.86. The van der Waals surface area contributed by atoms with Gasteiger partial charge in [0.25, 0.3) is 0 Å². The predicted octanol–water partition coefficient (Wildman–Crippen LogP) is 2.95. The predicted molar refractivity (Wildman–Crippen MR) is 74.5 cm³/mol. The van der Waals surface area contributed by atoms with Crippen molar-refractivity contribution in [1.82, 2.24) is 0 Å². The maximum Gasteiger partial charge on any atom is 0.239 e. The topological polar surface area (TPSA) is 38.3 Å². The van der Waals surface area contributed by atoms with Gasteiger partial charge in [0.1, 0.15) is 5.75 Å². The summed E-state index contributed by atoms with van der Waals surface area (Å²) in [5.74, 6) is 0.762. The van der Waals surface area contributed by atoms with E-state index in [2.05, 4.69) is 5.32 Å². The third kappa shape index (κ3) is 1.62. The monoisotopic (exact) mass is 253 g/mol. The molecular weight excluding hydrogens is 238 g/mol. The Balaban J connectivity index is 2.19. The van der Waals surface area contributed by atoms with Gasteiger partial charge >= 0.3 is 0 Å². The summed E-state index contributed by atoms with van der Waals surface area (Å²) in [6.45, 7) is 1.95. The number of anilines is 1. The third-order valence-corrected chi connectivity index (χ3v) is 3.82. The summed E-state index contributed by atoms with van der Waals surface area (Å²) < 4.78 is 5.25. The Morgan fingerprint density at radius 2 is 1.89 bits per heavy atom. The quantitative estimate of drug-likeness (QED) is 0.893. The normalized spacial score (nSPS) is 20.8. The van der Waals surface area contributed by atoms with E-state index in [1.807, 2.05) is 55.5 Å². The number of hydrogen-bond donors (Lipinski definition) is 1. The van der Waals surface area contributed by atoms with Crippen molar-refractivity contribution in [3.63, 3.8) is 0 Å². The smallest absolute Gasteiger partial charge is 0.239 e. The summed E-state index contributed by atoms with van der Waals surface area (Å²) in [6, 6.07) is 15.5. The number of methoxy groups -OCH3 is 1. The fraction of sp³-hybridized carbons (Fsp3) is 0.188. The third-order valence-electron chi connectivity index (χ3n) is 3.82.